The third kappa shape index (κ3) is 6.43. The molecule has 0 fully saturated rings. The zero-order chi connectivity index (χ0) is 22.9. The quantitative estimate of drug-likeness (QED) is 0.303. The molecule has 0 amide bonds. The van der Waals surface area contributed by atoms with Gasteiger partial charge >= 0.3 is 201 Å². The van der Waals surface area contributed by atoms with Gasteiger partial charge in [0, 0.05) is 0 Å². The molecule has 0 unspecified atom stereocenters. The van der Waals surface area contributed by atoms with E-state index in [2.05, 4.69) is 80.5 Å². The molecule has 4 heteroatoms. The Bertz CT molecular complexity index is 945. The molecule has 0 aliphatic carbocycles. The van der Waals surface area contributed by atoms with Crippen molar-refractivity contribution in [1.29, 1.82) is 0 Å². The van der Waals surface area contributed by atoms with E-state index in [1.54, 1.807) is 0 Å². The molecule has 0 heterocycles. The van der Waals surface area contributed by atoms with Crippen LogP contribution in [-0.4, -0.2) is 44.2 Å². The van der Waals surface area contributed by atoms with Crippen LogP contribution in [0.2, 0.25) is 0 Å². The Morgan fingerprint density at radius 3 is 1.81 bits per heavy atom. The second-order valence-corrected chi connectivity index (χ2v) is 9.10. The third-order valence-corrected chi connectivity index (χ3v) is 6.79. The fraction of sp³-hybridized carbons (Fsp3) is 0.250. The molecule has 0 radical (unpaired) electrons. The summed E-state index contributed by atoms with van der Waals surface area (Å²) in [4.78, 5) is 4.39. The normalized spacial score (nSPS) is 12.6. The first-order valence-corrected chi connectivity index (χ1v) is 11.8. The summed E-state index contributed by atoms with van der Waals surface area (Å²) in [7, 11) is 4.04. The molecule has 0 aromatic heterocycles. The number of aliphatic hydroxyl groups excluding tert-OH is 1. The molecule has 3 aromatic rings. The number of rotatable bonds is 11. The van der Waals surface area contributed by atoms with Gasteiger partial charge in [0.1, 0.15) is 0 Å². The molecular formula is C28H32N2OSe. The molecule has 3 aromatic carbocycles. The average molecular weight is 492 g/mol. The van der Waals surface area contributed by atoms with Crippen LogP contribution in [0, 0.1) is 5.92 Å². The van der Waals surface area contributed by atoms with E-state index in [1.807, 2.05) is 56.6 Å². The molecule has 0 saturated heterocycles. The van der Waals surface area contributed by atoms with Gasteiger partial charge in [-0.3, -0.25) is 0 Å². The summed E-state index contributed by atoms with van der Waals surface area (Å²) in [5, 5.41) is 11.4. The van der Waals surface area contributed by atoms with E-state index in [-0.39, 0.29) is 5.92 Å². The summed E-state index contributed by atoms with van der Waals surface area (Å²) in [6, 6.07) is 29.0. The Morgan fingerprint density at radius 2 is 1.38 bits per heavy atom. The van der Waals surface area contributed by atoms with Crippen LogP contribution < -0.4 is 4.90 Å². The van der Waals surface area contributed by atoms with Gasteiger partial charge in [-0.15, -0.1) is 0 Å². The van der Waals surface area contributed by atoms with Gasteiger partial charge in [0.15, 0.2) is 0 Å². The monoisotopic (exact) mass is 492 g/mol. The first kappa shape index (κ1) is 24.0. The first-order valence-electron chi connectivity index (χ1n) is 10.9. The van der Waals surface area contributed by atoms with Gasteiger partial charge in [-0.25, -0.2) is 0 Å². The number of allylic oxidation sites excluding steroid dienone is 1. The Kier molecular flexibility index (Phi) is 8.87. The number of hydrogen-bond acceptors (Lipinski definition) is 3. The van der Waals surface area contributed by atoms with Crippen LogP contribution in [0.4, 0.5) is 5.69 Å². The maximum atomic E-state index is 11.4. The fourth-order valence-electron chi connectivity index (χ4n) is 3.80. The summed E-state index contributed by atoms with van der Waals surface area (Å²) >= 11 is 3.31. The van der Waals surface area contributed by atoms with Gasteiger partial charge in [0.2, 0.25) is 0 Å². The molecule has 32 heavy (non-hydrogen) atoms. The molecule has 3 nitrogen and oxygen atoms in total. The third-order valence-electron chi connectivity index (χ3n) is 5.61. The zero-order valence-electron chi connectivity index (χ0n) is 18.9. The Morgan fingerprint density at radius 1 is 0.875 bits per heavy atom. The SMILES string of the molecule is C=CC[C@@H](C(=[Se])N(Cc1ccccc1)Cc1ccccc1)[C@@H](O)c1ccc(N(C)C)cc1. The van der Waals surface area contributed by atoms with E-state index in [9.17, 15) is 5.11 Å². The standard InChI is InChI=1S/C28H32N2OSe/c1-4-11-26(27(31)24-16-18-25(19-17-24)29(2)3)28(32)30(20-22-12-7-5-8-13-22)21-23-14-9-6-10-15-23/h4-10,12-19,26-27,31H,1,11,20-21H2,2-3H3/t26-,27+/m1/s1. The molecule has 0 saturated carbocycles. The summed E-state index contributed by atoms with van der Waals surface area (Å²) in [6.07, 6.45) is 1.94. The molecule has 3 rings (SSSR count). The van der Waals surface area contributed by atoms with Crippen molar-refractivity contribution in [1.82, 2.24) is 4.90 Å². The predicted octanol–water partition coefficient (Wildman–Crippen LogP) is 4.98. The molecule has 0 aliphatic rings. The van der Waals surface area contributed by atoms with E-state index in [0.29, 0.717) is 6.42 Å². The van der Waals surface area contributed by atoms with Gasteiger partial charge in [-0.1, -0.05) is 0 Å². The predicted molar refractivity (Wildman–Crippen MR) is 137 cm³/mol. The summed E-state index contributed by atoms with van der Waals surface area (Å²) < 4.78 is 1.04. The van der Waals surface area contributed by atoms with Crippen LogP contribution in [0.3, 0.4) is 0 Å². The number of hydrogen-bond donors (Lipinski definition) is 1. The fourth-order valence-corrected chi connectivity index (χ4v) is 4.54. The molecule has 2 atom stereocenters. The molecule has 1 N–H and O–H groups in total. The molecule has 0 spiro atoms. The Balaban J connectivity index is 1.87. The van der Waals surface area contributed by atoms with Crippen molar-refractivity contribution < 1.29 is 5.11 Å². The van der Waals surface area contributed by atoms with Crippen LogP contribution >= 0.6 is 0 Å². The van der Waals surface area contributed by atoms with Gasteiger partial charge in [-0.2, -0.15) is 0 Å². The van der Waals surface area contributed by atoms with Gasteiger partial charge in [0.25, 0.3) is 0 Å². The van der Waals surface area contributed by atoms with Crippen molar-refractivity contribution in [2.45, 2.75) is 25.6 Å². The maximum absolute atomic E-state index is 11.4. The van der Waals surface area contributed by atoms with Gasteiger partial charge in [-0.05, 0) is 0 Å². The second-order valence-electron chi connectivity index (χ2n) is 8.23. The van der Waals surface area contributed by atoms with Crippen LogP contribution in [0.15, 0.2) is 97.6 Å². The van der Waals surface area contributed by atoms with Gasteiger partial charge in [0.05, 0.1) is 0 Å². The Hall–Kier alpha value is -2.65. The van der Waals surface area contributed by atoms with Crippen LogP contribution in [-0.2, 0) is 13.1 Å². The van der Waals surface area contributed by atoms with Crippen molar-refractivity contribution in [3.63, 3.8) is 0 Å². The van der Waals surface area contributed by atoms with E-state index in [4.69, 9.17) is 0 Å². The van der Waals surface area contributed by atoms with Gasteiger partial charge < -0.3 is 0 Å². The number of anilines is 1. The second kappa shape index (κ2) is 11.8. The van der Waals surface area contributed by atoms with Crippen molar-refractivity contribution in [2.75, 3.05) is 19.0 Å². The Labute approximate surface area is 200 Å². The number of aliphatic hydroxyl groups is 1. The molecule has 0 bridgehead atoms. The van der Waals surface area contributed by atoms with E-state index >= 15 is 0 Å². The molecular weight excluding hydrogens is 459 g/mol. The first-order chi connectivity index (χ1) is 15.5. The van der Waals surface area contributed by atoms with E-state index in [0.717, 1.165) is 28.9 Å². The van der Waals surface area contributed by atoms with Crippen molar-refractivity contribution >= 4 is 25.8 Å². The molecule has 0 aliphatic heterocycles. The number of nitrogens with zero attached hydrogens (tertiary/aromatic N) is 2. The van der Waals surface area contributed by atoms with Crippen molar-refractivity contribution in [3.05, 3.63) is 114 Å². The minimum atomic E-state index is -0.630. The zero-order valence-corrected chi connectivity index (χ0v) is 20.6. The topological polar surface area (TPSA) is 26.7 Å². The minimum absolute atomic E-state index is 0.106. The van der Waals surface area contributed by atoms with E-state index < -0.39 is 6.10 Å². The van der Waals surface area contributed by atoms with Crippen molar-refractivity contribution in [3.8, 4) is 0 Å². The average Bonchev–Trinajstić information content (AvgIpc) is 2.82. The summed E-state index contributed by atoms with van der Waals surface area (Å²) in [6.45, 7) is 5.48. The summed E-state index contributed by atoms with van der Waals surface area (Å²) in [5.74, 6) is -0.106. The van der Waals surface area contributed by atoms with Crippen molar-refractivity contribution in [2.24, 2.45) is 5.92 Å². The number of benzene rings is 3. The van der Waals surface area contributed by atoms with E-state index in [1.165, 1.54) is 11.1 Å². The molecule has 166 valence electrons. The van der Waals surface area contributed by atoms with Crippen LogP contribution in [0.5, 0.6) is 0 Å². The summed E-state index contributed by atoms with van der Waals surface area (Å²) in [5.41, 5.74) is 4.49. The van der Waals surface area contributed by atoms with Crippen LogP contribution in [0.25, 0.3) is 0 Å². The van der Waals surface area contributed by atoms with Crippen LogP contribution in [0.1, 0.15) is 29.2 Å².